The molecule has 0 fully saturated rings. The van der Waals surface area contributed by atoms with Gasteiger partial charge in [0.25, 0.3) is 0 Å². The van der Waals surface area contributed by atoms with E-state index < -0.39 is 0 Å². The first-order valence-electron chi connectivity index (χ1n) is 10.2. The van der Waals surface area contributed by atoms with Crippen molar-refractivity contribution in [2.45, 2.75) is 25.9 Å². The zero-order valence-corrected chi connectivity index (χ0v) is 18.9. The number of aryl methyl sites for hydroxylation is 2. The van der Waals surface area contributed by atoms with E-state index in [-0.39, 0.29) is 17.1 Å². The number of hydrogen-bond acceptors (Lipinski definition) is 6. The van der Waals surface area contributed by atoms with Crippen molar-refractivity contribution >= 4 is 34.4 Å². The highest BCUT2D eigenvalue weighted by Gasteiger charge is 2.17. The van der Waals surface area contributed by atoms with Gasteiger partial charge in [-0.15, -0.1) is 0 Å². The van der Waals surface area contributed by atoms with Crippen LogP contribution in [0.5, 0.6) is 5.75 Å². The number of ether oxygens (including phenoxy) is 1. The Morgan fingerprint density at radius 2 is 1.94 bits per heavy atom. The van der Waals surface area contributed by atoms with Gasteiger partial charge in [-0.2, -0.15) is 5.10 Å². The topological polar surface area (TPSA) is 109 Å². The lowest BCUT2D eigenvalue weighted by Crippen LogP contribution is -2.23. The molecular weight excluding hydrogens is 424 g/mol. The molecule has 3 N–H and O–H groups in total. The van der Waals surface area contributed by atoms with E-state index in [0.29, 0.717) is 34.2 Å². The Kier molecular flexibility index (Phi) is 6.27. The normalized spacial score (nSPS) is 11.0. The maximum atomic E-state index is 12.7. The van der Waals surface area contributed by atoms with E-state index in [1.165, 1.54) is 11.8 Å². The third kappa shape index (κ3) is 4.38. The Morgan fingerprint density at radius 3 is 2.69 bits per heavy atom. The zero-order valence-electron chi connectivity index (χ0n) is 18.1. The summed E-state index contributed by atoms with van der Waals surface area (Å²) in [6, 6.07) is 15.2. The number of anilines is 1. The largest absolute Gasteiger partial charge is 0.492 e. The maximum absolute atomic E-state index is 12.7. The van der Waals surface area contributed by atoms with Crippen LogP contribution in [0.15, 0.2) is 53.7 Å². The second kappa shape index (κ2) is 9.27. The third-order valence-corrected chi connectivity index (χ3v) is 5.81. The molecule has 0 radical (unpaired) electrons. The van der Waals surface area contributed by atoms with Crippen LogP contribution in [0.25, 0.3) is 16.7 Å². The van der Waals surface area contributed by atoms with E-state index in [1.807, 2.05) is 63.2 Å². The number of nitrogens with zero attached hydrogens (tertiary/aromatic N) is 3. The number of aromatic nitrogens is 4. The minimum Gasteiger partial charge on any atom is -0.492 e. The second-order valence-corrected chi connectivity index (χ2v) is 8.17. The Hall–Kier alpha value is -3.59. The molecule has 164 valence electrons. The fraction of sp³-hybridized carbons (Fsp3) is 0.217. The summed E-state index contributed by atoms with van der Waals surface area (Å²) in [5, 5.41) is 20.0. The van der Waals surface area contributed by atoms with Crippen molar-refractivity contribution < 1.29 is 9.53 Å². The molecule has 4 aromatic rings. The van der Waals surface area contributed by atoms with Gasteiger partial charge in [-0.05, 0) is 45.0 Å². The van der Waals surface area contributed by atoms with Crippen LogP contribution in [0.2, 0.25) is 0 Å². The summed E-state index contributed by atoms with van der Waals surface area (Å²) < 4.78 is 7.33. The van der Waals surface area contributed by atoms with Crippen LogP contribution in [0.1, 0.15) is 18.2 Å². The molecule has 0 saturated heterocycles. The number of fused-ring (bicyclic) bond motifs is 1. The minimum atomic E-state index is -0.191. The highest BCUT2D eigenvalue weighted by Crippen LogP contribution is 2.25. The molecule has 9 heteroatoms. The monoisotopic (exact) mass is 448 g/mol. The van der Waals surface area contributed by atoms with Gasteiger partial charge in [0.15, 0.2) is 10.8 Å². The van der Waals surface area contributed by atoms with Crippen LogP contribution in [-0.2, 0) is 4.79 Å². The SMILES string of the molecule is CCOc1ccccc1NC(=O)CSc1nc2n[nH]c(C)c2c(=N)n1-c1ccc(C)cc1. The fourth-order valence-electron chi connectivity index (χ4n) is 3.33. The lowest BCUT2D eigenvalue weighted by atomic mass is 10.2. The number of amides is 1. The first-order valence-corrected chi connectivity index (χ1v) is 11.2. The average Bonchev–Trinajstić information content (AvgIpc) is 3.15. The van der Waals surface area contributed by atoms with Gasteiger partial charge < -0.3 is 10.1 Å². The molecule has 0 bridgehead atoms. The van der Waals surface area contributed by atoms with E-state index in [1.54, 1.807) is 10.6 Å². The Balaban J connectivity index is 1.64. The standard InChI is InChI=1S/C23H24N6O2S/c1-4-31-18-8-6-5-7-17(18)25-19(30)13-32-23-26-22-20(15(3)27-28-22)21(24)29(23)16-11-9-14(2)10-12-16/h5-12,24H,4,13H2,1-3H3,(H,25,30)(H,27,28). The van der Waals surface area contributed by atoms with Crippen LogP contribution in [0, 0.1) is 19.3 Å². The highest BCUT2D eigenvalue weighted by atomic mass is 32.2. The van der Waals surface area contributed by atoms with Gasteiger partial charge in [0.05, 0.1) is 23.4 Å². The van der Waals surface area contributed by atoms with E-state index in [2.05, 4.69) is 20.5 Å². The number of para-hydroxylation sites is 2. The summed E-state index contributed by atoms with van der Waals surface area (Å²) in [6.45, 7) is 6.29. The number of nitrogens with one attached hydrogen (secondary N) is 3. The third-order valence-electron chi connectivity index (χ3n) is 4.87. The molecule has 32 heavy (non-hydrogen) atoms. The molecule has 2 heterocycles. The number of hydrogen-bond donors (Lipinski definition) is 3. The minimum absolute atomic E-state index is 0.119. The lowest BCUT2D eigenvalue weighted by molar-refractivity contribution is -0.113. The molecule has 8 nitrogen and oxygen atoms in total. The second-order valence-electron chi connectivity index (χ2n) is 7.23. The molecule has 0 atom stereocenters. The van der Waals surface area contributed by atoms with Gasteiger partial charge in [-0.3, -0.25) is 19.9 Å². The molecule has 0 spiro atoms. The molecule has 0 aliphatic heterocycles. The number of H-pyrrole nitrogens is 1. The highest BCUT2D eigenvalue weighted by molar-refractivity contribution is 7.99. The molecule has 2 aromatic carbocycles. The van der Waals surface area contributed by atoms with Crippen LogP contribution in [0.3, 0.4) is 0 Å². The zero-order chi connectivity index (χ0) is 22.7. The summed E-state index contributed by atoms with van der Waals surface area (Å²) in [5.74, 6) is 0.556. The summed E-state index contributed by atoms with van der Waals surface area (Å²) in [6.07, 6.45) is 0. The number of benzene rings is 2. The summed E-state index contributed by atoms with van der Waals surface area (Å²) >= 11 is 1.26. The van der Waals surface area contributed by atoms with Gasteiger partial charge in [-0.1, -0.05) is 41.6 Å². The summed E-state index contributed by atoms with van der Waals surface area (Å²) in [7, 11) is 0. The van der Waals surface area contributed by atoms with Crippen molar-refractivity contribution in [3.05, 3.63) is 65.3 Å². The van der Waals surface area contributed by atoms with E-state index >= 15 is 0 Å². The van der Waals surface area contributed by atoms with Crippen LogP contribution < -0.4 is 15.5 Å². The van der Waals surface area contributed by atoms with Crippen LogP contribution in [-0.4, -0.2) is 38.0 Å². The fourth-order valence-corrected chi connectivity index (χ4v) is 4.14. The Morgan fingerprint density at radius 1 is 1.19 bits per heavy atom. The number of carbonyl (C=O) groups excluding carboxylic acids is 1. The Bertz CT molecular complexity index is 1330. The molecular formula is C23H24N6O2S. The van der Waals surface area contributed by atoms with Gasteiger partial charge in [0.1, 0.15) is 11.2 Å². The summed E-state index contributed by atoms with van der Waals surface area (Å²) in [5.41, 5.74) is 4.06. The van der Waals surface area contributed by atoms with Crippen LogP contribution in [0.4, 0.5) is 5.69 Å². The molecule has 1 amide bonds. The first kappa shape index (κ1) is 21.6. The number of carbonyl (C=O) groups is 1. The van der Waals surface area contributed by atoms with Crippen molar-refractivity contribution in [1.82, 2.24) is 19.7 Å². The molecule has 0 unspecified atom stereocenters. The molecule has 4 rings (SSSR count). The summed E-state index contributed by atoms with van der Waals surface area (Å²) in [4.78, 5) is 17.3. The number of aromatic amines is 1. The average molecular weight is 449 g/mol. The van der Waals surface area contributed by atoms with Gasteiger partial charge in [0.2, 0.25) is 5.91 Å². The first-order chi connectivity index (χ1) is 15.5. The Labute approximate surface area is 189 Å². The van der Waals surface area contributed by atoms with Crippen molar-refractivity contribution in [3.63, 3.8) is 0 Å². The van der Waals surface area contributed by atoms with Gasteiger partial charge in [0, 0.05) is 11.4 Å². The van der Waals surface area contributed by atoms with Crippen molar-refractivity contribution in [2.24, 2.45) is 0 Å². The van der Waals surface area contributed by atoms with Crippen molar-refractivity contribution in [2.75, 3.05) is 17.7 Å². The van der Waals surface area contributed by atoms with Gasteiger partial charge >= 0.3 is 0 Å². The van der Waals surface area contributed by atoms with E-state index in [9.17, 15) is 4.79 Å². The molecule has 2 aromatic heterocycles. The quantitative estimate of drug-likeness (QED) is 0.293. The number of thioether (sulfide) groups is 1. The lowest BCUT2D eigenvalue weighted by Gasteiger charge is -2.14. The molecule has 0 aliphatic carbocycles. The predicted molar refractivity (Wildman–Crippen MR) is 126 cm³/mol. The van der Waals surface area contributed by atoms with E-state index in [0.717, 1.165) is 16.9 Å². The van der Waals surface area contributed by atoms with E-state index in [4.69, 9.17) is 10.1 Å². The van der Waals surface area contributed by atoms with Gasteiger partial charge in [-0.25, -0.2) is 4.98 Å². The predicted octanol–water partition coefficient (Wildman–Crippen LogP) is 3.97. The van der Waals surface area contributed by atoms with Crippen molar-refractivity contribution in [1.29, 1.82) is 5.41 Å². The molecule has 0 aliphatic rings. The van der Waals surface area contributed by atoms with Crippen LogP contribution >= 0.6 is 11.8 Å². The molecule has 0 saturated carbocycles. The van der Waals surface area contributed by atoms with Crippen molar-refractivity contribution in [3.8, 4) is 11.4 Å². The number of rotatable bonds is 7. The maximum Gasteiger partial charge on any atom is 0.234 e. The smallest absolute Gasteiger partial charge is 0.234 e.